The average molecular weight is 208 g/mol. The summed E-state index contributed by atoms with van der Waals surface area (Å²) < 4.78 is 1.84. The van der Waals surface area contributed by atoms with Crippen LogP contribution in [0.5, 0.6) is 0 Å². The van der Waals surface area contributed by atoms with E-state index in [0.717, 1.165) is 6.29 Å². The van der Waals surface area contributed by atoms with Crippen LogP contribution in [0.25, 0.3) is 0 Å². The number of rotatable bonds is 5. The van der Waals surface area contributed by atoms with Crippen LogP contribution < -0.4 is 5.32 Å². The molecule has 4 heteroatoms. The van der Waals surface area contributed by atoms with Gasteiger partial charge in [0.2, 0.25) is 5.91 Å². The summed E-state index contributed by atoms with van der Waals surface area (Å²) in [5.74, 6) is 0.0337. The van der Waals surface area contributed by atoms with Gasteiger partial charge in [0, 0.05) is 37.0 Å². The van der Waals surface area contributed by atoms with Crippen LogP contribution in [0, 0.1) is 0 Å². The Bertz CT molecular complexity index is 342. The molecule has 1 aromatic rings. The fourth-order valence-electron chi connectivity index (χ4n) is 1.29. The van der Waals surface area contributed by atoms with Crippen LogP contribution in [-0.2, 0) is 11.3 Å². The Morgan fingerprint density at radius 3 is 2.87 bits per heavy atom. The summed E-state index contributed by atoms with van der Waals surface area (Å²) in [5, 5.41) is 2.81. The highest BCUT2D eigenvalue weighted by molar-refractivity contribution is 5.76. The zero-order valence-corrected chi connectivity index (χ0v) is 9.06. The molecule has 0 atom stereocenters. The van der Waals surface area contributed by atoms with Crippen molar-refractivity contribution in [3.63, 3.8) is 0 Å². The van der Waals surface area contributed by atoms with Crippen LogP contribution in [0.3, 0.4) is 0 Å². The maximum atomic E-state index is 11.3. The number of aldehydes is 1. The monoisotopic (exact) mass is 208 g/mol. The van der Waals surface area contributed by atoms with Crippen molar-refractivity contribution in [1.82, 2.24) is 9.88 Å². The van der Waals surface area contributed by atoms with Crippen LogP contribution in [0.2, 0.25) is 0 Å². The van der Waals surface area contributed by atoms with Crippen molar-refractivity contribution < 1.29 is 9.59 Å². The van der Waals surface area contributed by atoms with Crippen molar-refractivity contribution in [3.8, 4) is 0 Å². The summed E-state index contributed by atoms with van der Waals surface area (Å²) in [6.07, 6.45) is 4.76. The van der Waals surface area contributed by atoms with Crippen LogP contribution in [0.4, 0.5) is 0 Å². The van der Waals surface area contributed by atoms with Gasteiger partial charge in [0.1, 0.15) is 0 Å². The van der Waals surface area contributed by atoms with E-state index >= 15 is 0 Å². The molecule has 0 bridgehead atoms. The summed E-state index contributed by atoms with van der Waals surface area (Å²) in [6.45, 7) is 4.46. The fraction of sp³-hybridized carbons (Fsp3) is 0.455. The van der Waals surface area contributed by atoms with Crippen molar-refractivity contribution in [2.75, 3.05) is 0 Å². The number of amides is 1. The minimum absolute atomic E-state index is 0.0337. The lowest BCUT2D eigenvalue weighted by Crippen LogP contribution is -2.30. The van der Waals surface area contributed by atoms with Crippen LogP contribution in [0.15, 0.2) is 18.5 Å². The second-order valence-corrected chi connectivity index (χ2v) is 3.77. The molecule has 0 aliphatic carbocycles. The molecule has 1 aromatic heterocycles. The Balaban J connectivity index is 2.36. The highest BCUT2D eigenvalue weighted by Crippen LogP contribution is 1.99. The lowest BCUT2D eigenvalue weighted by molar-refractivity contribution is -0.121. The van der Waals surface area contributed by atoms with E-state index in [4.69, 9.17) is 0 Å². The maximum Gasteiger partial charge on any atom is 0.221 e. The number of carbonyl (C=O) groups is 2. The van der Waals surface area contributed by atoms with Crippen LogP contribution in [-0.4, -0.2) is 22.8 Å². The van der Waals surface area contributed by atoms with Gasteiger partial charge in [0.25, 0.3) is 0 Å². The number of carbonyl (C=O) groups excluding carboxylic acids is 2. The smallest absolute Gasteiger partial charge is 0.221 e. The van der Waals surface area contributed by atoms with Crippen molar-refractivity contribution in [1.29, 1.82) is 0 Å². The predicted octanol–water partition coefficient (Wildman–Crippen LogP) is 1.22. The quantitative estimate of drug-likeness (QED) is 0.739. The van der Waals surface area contributed by atoms with E-state index in [-0.39, 0.29) is 11.9 Å². The normalized spacial score (nSPS) is 10.3. The molecule has 0 aromatic carbocycles. The molecule has 1 rings (SSSR count). The average Bonchev–Trinajstić information content (AvgIpc) is 2.61. The summed E-state index contributed by atoms with van der Waals surface area (Å²) in [7, 11) is 0. The van der Waals surface area contributed by atoms with Gasteiger partial charge in [0.05, 0.1) is 0 Å². The van der Waals surface area contributed by atoms with Gasteiger partial charge in [-0.15, -0.1) is 0 Å². The first-order valence-electron chi connectivity index (χ1n) is 5.02. The molecule has 15 heavy (non-hydrogen) atoms. The van der Waals surface area contributed by atoms with E-state index in [2.05, 4.69) is 5.32 Å². The van der Waals surface area contributed by atoms with Gasteiger partial charge in [-0.25, -0.2) is 0 Å². The number of nitrogens with zero attached hydrogens (tertiary/aromatic N) is 1. The minimum atomic E-state index is 0.0337. The molecule has 1 N–H and O–H groups in total. The first kappa shape index (κ1) is 11.5. The summed E-state index contributed by atoms with van der Waals surface area (Å²) >= 11 is 0. The van der Waals surface area contributed by atoms with E-state index in [1.807, 2.05) is 18.4 Å². The number of aryl methyl sites for hydroxylation is 1. The van der Waals surface area contributed by atoms with Crippen molar-refractivity contribution in [2.45, 2.75) is 32.9 Å². The molecule has 82 valence electrons. The second kappa shape index (κ2) is 5.34. The number of hydrogen-bond donors (Lipinski definition) is 1. The van der Waals surface area contributed by atoms with Gasteiger partial charge in [-0.2, -0.15) is 0 Å². The van der Waals surface area contributed by atoms with E-state index in [9.17, 15) is 9.59 Å². The first-order chi connectivity index (χ1) is 7.11. The molecule has 4 nitrogen and oxygen atoms in total. The summed E-state index contributed by atoms with van der Waals surface area (Å²) in [4.78, 5) is 21.7. The van der Waals surface area contributed by atoms with Gasteiger partial charge >= 0.3 is 0 Å². The van der Waals surface area contributed by atoms with Gasteiger partial charge in [-0.3, -0.25) is 9.59 Å². The third-order valence-corrected chi connectivity index (χ3v) is 1.96. The van der Waals surface area contributed by atoms with Gasteiger partial charge < -0.3 is 9.88 Å². The molecular formula is C11H16N2O2. The van der Waals surface area contributed by atoms with E-state index in [1.54, 1.807) is 18.5 Å². The van der Waals surface area contributed by atoms with Crippen molar-refractivity contribution in [2.24, 2.45) is 0 Å². The number of aromatic nitrogens is 1. The Kier molecular flexibility index (Phi) is 4.09. The highest BCUT2D eigenvalue weighted by Gasteiger charge is 2.03. The molecule has 0 fully saturated rings. The zero-order chi connectivity index (χ0) is 11.3. The Hall–Kier alpha value is -1.58. The fourth-order valence-corrected chi connectivity index (χ4v) is 1.29. The summed E-state index contributed by atoms with van der Waals surface area (Å²) in [5.41, 5.74) is 0.638. The Labute approximate surface area is 89.3 Å². The molecule has 1 heterocycles. The number of nitrogens with one attached hydrogen (secondary N) is 1. The van der Waals surface area contributed by atoms with Crippen LogP contribution in [0.1, 0.15) is 30.6 Å². The molecule has 0 saturated carbocycles. The molecule has 0 saturated heterocycles. The first-order valence-corrected chi connectivity index (χ1v) is 5.02. The van der Waals surface area contributed by atoms with Crippen molar-refractivity contribution >= 4 is 12.2 Å². The lowest BCUT2D eigenvalue weighted by Gasteiger charge is -2.08. The Morgan fingerprint density at radius 2 is 2.33 bits per heavy atom. The molecule has 0 aliphatic heterocycles. The lowest BCUT2D eigenvalue weighted by atomic mass is 10.3. The molecule has 1 amide bonds. The number of hydrogen-bond acceptors (Lipinski definition) is 2. The zero-order valence-electron chi connectivity index (χ0n) is 9.06. The molecule has 0 unspecified atom stereocenters. The predicted molar refractivity (Wildman–Crippen MR) is 57.7 cm³/mol. The third kappa shape index (κ3) is 3.97. The largest absolute Gasteiger partial charge is 0.354 e. The van der Waals surface area contributed by atoms with E-state index in [0.29, 0.717) is 18.5 Å². The van der Waals surface area contributed by atoms with E-state index < -0.39 is 0 Å². The molecule has 0 aliphatic rings. The topological polar surface area (TPSA) is 51.1 Å². The van der Waals surface area contributed by atoms with E-state index in [1.165, 1.54) is 0 Å². The maximum absolute atomic E-state index is 11.3. The molecule has 0 spiro atoms. The van der Waals surface area contributed by atoms with Gasteiger partial charge in [0.15, 0.2) is 6.29 Å². The standard InChI is InChI=1S/C11H16N2O2/c1-9(2)12-11(15)4-6-13-5-3-10(7-13)8-14/h3,5,7-9H,4,6H2,1-2H3,(H,12,15). The minimum Gasteiger partial charge on any atom is -0.354 e. The van der Waals surface area contributed by atoms with Crippen molar-refractivity contribution in [3.05, 3.63) is 24.0 Å². The molecule has 0 radical (unpaired) electrons. The SMILES string of the molecule is CC(C)NC(=O)CCn1ccc(C=O)c1. The van der Waals surface area contributed by atoms with Gasteiger partial charge in [-0.1, -0.05) is 0 Å². The van der Waals surface area contributed by atoms with Gasteiger partial charge in [-0.05, 0) is 19.9 Å². The molecular weight excluding hydrogens is 192 g/mol. The Morgan fingerprint density at radius 1 is 1.60 bits per heavy atom. The second-order valence-electron chi connectivity index (χ2n) is 3.77. The third-order valence-electron chi connectivity index (χ3n) is 1.96. The summed E-state index contributed by atoms with van der Waals surface area (Å²) in [6, 6.07) is 1.90. The van der Waals surface area contributed by atoms with Crippen LogP contribution >= 0.6 is 0 Å². The highest BCUT2D eigenvalue weighted by atomic mass is 16.1.